The number of nitrogens with one attached hydrogen (secondary N) is 2. The predicted octanol–water partition coefficient (Wildman–Crippen LogP) is 3.29. The van der Waals surface area contributed by atoms with E-state index in [2.05, 4.69) is 15.6 Å². The van der Waals surface area contributed by atoms with Crippen LogP contribution in [0.3, 0.4) is 0 Å². The van der Waals surface area contributed by atoms with Gasteiger partial charge in [-0.25, -0.2) is 9.78 Å². The molecule has 0 fully saturated rings. The summed E-state index contributed by atoms with van der Waals surface area (Å²) in [6.07, 6.45) is 3.56. The highest BCUT2D eigenvalue weighted by Crippen LogP contribution is 2.12. The van der Waals surface area contributed by atoms with E-state index < -0.39 is 0 Å². The van der Waals surface area contributed by atoms with Gasteiger partial charge in [-0.3, -0.25) is 9.72 Å². The van der Waals surface area contributed by atoms with Crippen LogP contribution < -0.4 is 10.6 Å². The first-order chi connectivity index (χ1) is 9.72. The molecule has 1 aromatic carbocycles. The first kappa shape index (κ1) is 12.2. The smallest absolute Gasteiger partial charge is 0.308 e. The van der Waals surface area contributed by atoms with Crippen LogP contribution in [0.4, 0.5) is 16.4 Å². The molecule has 5 heteroatoms. The fourth-order valence-electron chi connectivity index (χ4n) is 2.02. The first-order valence-electron chi connectivity index (χ1n) is 6.29. The van der Waals surface area contributed by atoms with Gasteiger partial charge in [-0.2, -0.15) is 0 Å². The lowest BCUT2D eigenvalue weighted by Crippen LogP contribution is -2.20. The third kappa shape index (κ3) is 2.47. The first-order valence-corrected chi connectivity index (χ1v) is 6.29. The van der Waals surface area contributed by atoms with Gasteiger partial charge in [0.1, 0.15) is 0 Å². The van der Waals surface area contributed by atoms with E-state index in [1.165, 1.54) is 0 Å². The number of carbonyl (C=O) groups is 1. The van der Waals surface area contributed by atoms with Crippen LogP contribution in [-0.4, -0.2) is 15.4 Å². The molecule has 0 bridgehead atoms. The van der Waals surface area contributed by atoms with Crippen LogP contribution >= 0.6 is 0 Å². The number of carbonyl (C=O) groups excluding carboxylic acids is 1. The number of hydrogen-bond acceptors (Lipinski definition) is 2. The van der Waals surface area contributed by atoms with Crippen LogP contribution in [0.1, 0.15) is 5.56 Å². The normalized spacial score (nSPS) is 10.4. The minimum absolute atomic E-state index is 0.313. The molecule has 2 aromatic heterocycles. The maximum absolute atomic E-state index is 12.0. The zero-order valence-electron chi connectivity index (χ0n) is 11.0. The van der Waals surface area contributed by atoms with Crippen LogP contribution in [-0.2, 0) is 0 Å². The molecular weight excluding hydrogens is 252 g/mol. The quantitative estimate of drug-likeness (QED) is 0.747. The number of nitrogens with zero attached hydrogens (tertiary/aromatic N) is 2. The Hall–Kier alpha value is -2.82. The SMILES string of the molecule is Cc1cccc(NC(=O)Nc2ncc3ccccn23)c1. The summed E-state index contributed by atoms with van der Waals surface area (Å²) in [7, 11) is 0. The summed E-state index contributed by atoms with van der Waals surface area (Å²) >= 11 is 0. The van der Waals surface area contributed by atoms with Crippen molar-refractivity contribution in [1.29, 1.82) is 0 Å². The topological polar surface area (TPSA) is 58.4 Å². The van der Waals surface area contributed by atoms with Crippen LogP contribution in [0.2, 0.25) is 0 Å². The number of anilines is 2. The molecule has 0 radical (unpaired) electrons. The highest BCUT2D eigenvalue weighted by molar-refractivity contribution is 5.99. The largest absolute Gasteiger partial charge is 0.326 e. The lowest BCUT2D eigenvalue weighted by Gasteiger charge is -2.07. The van der Waals surface area contributed by atoms with Crippen LogP contribution in [0.15, 0.2) is 54.9 Å². The zero-order valence-corrected chi connectivity index (χ0v) is 11.0. The highest BCUT2D eigenvalue weighted by atomic mass is 16.2. The Bertz CT molecular complexity index is 763. The summed E-state index contributed by atoms with van der Waals surface area (Å²) in [5.41, 5.74) is 2.77. The highest BCUT2D eigenvalue weighted by Gasteiger charge is 2.07. The fourth-order valence-corrected chi connectivity index (χ4v) is 2.02. The summed E-state index contributed by atoms with van der Waals surface area (Å²) in [5, 5.41) is 5.52. The number of amides is 2. The molecule has 0 aliphatic carbocycles. The third-order valence-corrected chi connectivity index (χ3v) is 2.94. The van der Waals surface area contributed by atoms with Crippen LogP contribution in [0, 0.1) is 6.92 Å². The monoisotopic (exact) mass is 266 g/mol. The van der Waals surface area contributed by atoms with E-state index in [1.54, 1.807) is 6.20 Å². The average molecular weight is 266 g/mol. The van der Waals surface area contributed by atoms with Gasteiger partial charge in [0.25, 0.3) is 0 Å². The molecule has 0 atom stereocenters. The Morgan fingerprint density at radius 1 is 1.15 bits per heavy atom. The van der Waals surface area contributed by atoms with Gasteiger partial charge in [-0.05, 0) is 36.8 Å². The van der Waals surface area contributed by atoms with E-state index >= 15 is 0 Å². The molecule has 0 spiro atoms. The van der Waals surface area contributed by atoms with Gasteiger partial charge in [0, 0.05) is 11.9 Å². The van der Waals surface area contributed by atoms with Crippen LogP contribution in [0.5, 0.6) is 0 Å². The fraction of sp³-hybridized carbons (Fsp3) is 0.0667. The van der Waals surface area contributed by atoms with Gasteiger partial charge in [0.15, 0.2) is 0 Å². The molecule has 3 aromatic rings. The lowest BCUT2D eigenvalue weighted by atomic mass is 10.2. The van der Waals surface area contributed by atoms with E-state index in [4.69, 9.17) is 0 Å². The summed E-state index contributed by atoms with van der Waals surface area (Å²) in [6, 6.07) is 13.1. The van der Waals surface area contributed by atoms with Gasteiger partial charge < -0.3 is 5.32 Å². The molecule has 0 saturated carbocycles. The number of benzene rings is 1. The molecule has 20 heavy (non-hydrogen) atoms. The molecule has 2 heterocycles. The van der Waals surface area contributed by atoms with E-state index in [-0.39, 0.29) is 6.03 Å². The number of aryl methyl sites for hydroxylation is 1. The second-order valence-electron chi connectivity index (χ2n) is 4.53. The number of urea groups is 1. The number of rotatable bonds is 2. The second kappa shape index (κ2) is 5.05. The van der Waals surface area contributed by atoms with Crippen molar-refractivity contribution in [2.45, 2.75) is 6.92 Å². The number of pyridine rings is 1. The van der Waals surface area contributed by atoms with E-state index in [9.17, 15) is 4.79 Å². The maximum Gasteiger partial charge on any atom is 0.326 e. The molecule has 3 rings (SSSR count). The second-order valence-corrected chi connectivity index (χ2v) is 4.53. The molecule has 2 amide bonds. The summed E-state index contributed by atoms with van der Waals surface area (Å²) < 4.78 is 1.82. The van der Waals surface area contributed by atoms with Crippen molar-refractivity contribution in [2.75, 3.05) is 10.6 Å². The minimum Gasteiger partial charge on any atom is -0.308 e. The molecule has 0 aliphatic rings. The molecular formula is C15H14N4O. The van der Waals surface area contributed by atoms with Gasteiger partial charge >= 0.3 is 6.03 Å². The van der Waals surface area contributed by atoms with Gasteiger partial charge in [-0.1, -0.05) is 18.2 Å². The van der Waals surface area contributed by atoms with Gasteiger partial charge in [0.05, 0.1) is 11.7 Å². The molecule has 2 N–H and O–H groups in total. The Morgan fingerprint density at radius 3 is 2.90 bits per heavy atom. The summed E-state index contributed by atoms with van der Waals surface area (Å²) in [4.78, 5) is 16.1. The van der Waals surface area contributed by atoms with Crippen molar-refractivity contribution in [2.24, 2.45) is 0 Å². The maximum atomic E-state index is 12.0. The molecule has 0 unspecified atom stereocenters. The van der Waals surface area contributed by atoms with E-state index in [0.29, 0.717) is 5.95 Å². The number of aromatic nitrogens is 2. The number of imidazole rings is 1. The molecule has 0 saturated heterocycles. The van der Waals surface area contributed by atoms with E-state index in [1.807, 2.05) is 60.0 Å². The van der Waals surface area contributed by atoms with Gasteiger partial charge in [0.2, 0.25) is 5.95 Å². The van der Waals surface area contributed by atoms with Crippen molar-refractivity contribution < 1.29 is 4.79 Å². The molecule has 5 nitrogen and oxygen atoms in total. The molecule has 100 valence electrons. The van der Waals surface area contributed by atoms with E-state index in [0.717, 1.165) is 16.8 Å². The molecule has 0 aliphatic heterocycles. The lowest BCUT2D eigenvalue weighted by molar-refractivity contribution is 0.262. The van der Waals surface area contributed by atoms with Crippen molar-refractivity contribution in [1.82, 2.24) is 9.38 Å². The third-order valence-electron chi connectivity index (χ3n) is 2.94. The number of fused-ring (bicyclic) bond motifs is 1. The summed E-state index contributed by atoms with van der Waals surface area (Å²) in [6.45, 7) is 1.98. The Morgan fingerprint density at radius 2 is 2.05 bits per heavy atom. The van der Waals surface area contributed by atoms with Crippen molar-refractivity contribution in [3.63, 3.8) is 0 Å². The Kier molecular flexibility index (Phi) is 3.09. The van der Waals surface area contributed by atoms with Crippen molar-refractivity contribution in [3.8, 4) is 0 Å². The van der Waals surface area contributed by atoms with Crippen molar-refractivity contribution >= 4 is 23.2 Å². The van der Waals surface area contributed by atoms with Crippen molar-refractivity contribution in [3.05, 3.63) is 60.4 Å². The standard InChI is InChI=1S/C15H14N4O/c1-11-5-4-6-12(9-11)17-15(20)18-14-16-10-13-7-2-3-8-19(13)14/h2-10H,1H3,(H2,16,17,18,20). The Balaban J connectivity index is 1.76. The number of hydrogen-bond donors (Lipinski definition) is 2. The summed E-state index contributed by atoms with van der Waals surface area (Å²) in [5.74, 6) is 0.491. The average Bonchev–Trinajstić information content (AvgIpc) is 2.82. The Labute approximate surface area is 116 Å². The zero-order chi connectivity index (χ0) is 13.9. The van der Waals surface area contributed by atoms with Crippen LogP contribution in [0.25, 0.3) is 5.52 Å². The van der Waals surface area contributed by atoms with Gasteiger partial charge in [-0.15, -0.1) is 0 Å². The predicted molar refractivity (Wildman–Crippen MR) is 79.0 cm³/mol. The minimum atomic E-state index is -0.313.